The van der Waals surface area contributed by atoms with E-state index >= 15 is 0 Å². The van der Waals surface area contributed by atoms with Gasteiger partial charge in [-0.15, -0.1) is 0 Å². The highest BCUT2D eigenvalue weighted by atomic mass is 14.1. The summed E-state index contributed by atoms with van der Waals surface area (Å²) in [6.07, 6.45) is 5.55. The lowest BCUT2D eigenvalue weighted by molar-refractivity contribution is 0.542. The van der Waals surface area contributed by atoms with Crippen LogP contribution in [0.25, 0.3) is 0 Å². The molecule has 0 amide bonds. The van der Waals surface area contributed by atoms with Gasteiger partial charge in [-0.2, -0.15) is 0 Å². The monoisotopic (exact) mass is 174 g/mol. The van der Waals surface area contributed by atoms with Crippen LogP contribution in [0.5, 0.6) is 0 Å². The molecule has 0 bridgehead atoms. The van der Waals surface area contributed by atoms with Crippen molar-refractivity contribution in [2.24, 2.45) is 5.41 Å². The maximum absolute atomic E-state index is 2.26. The van der Waals surface area contributed by atoms with E-state index < -0.39 is 0 Å². The van der Waals surface area contributed by atoms with Crippen molar-refractivity contribution in [2.75, 3.05) is 0 Å². The molecule has 0 aliphatic rings. The molecule has 70 valence electrons. The summed E-state index contributed by atoms with van der Waals surface area (Å²) in [6, 6.07) is 10.5. The lowest BCUT2D eigenvalue weighted by Gasteiger charge is -2.10. The third-order valence-corrected chi connectivity index (χ3v) is 1.81. The van der Waals surface area contributed by atoms with Crippen molar-refractivity contribution in [2.45, 2.75) is 27.2 Å². The van der Waals surface area contributed by atoms with E-state index in [2.05, 4.69) is 63.3 Å². The van der Waals surface area contributed by atoms with E-state index in [1.54, 1.807) is 0 Å². The molecule has 1 aromatic carbocycles. The fourth-order valence-corrected chi connectivity index (χ4v) is 1.16. The summed E-state index contributed by atoms with van der Waals surface area (Å²) in [6.45, 7) is 6.65. The number of hydrogen-bond acceptors (Lipinski definition) is 0. The van der Waals surface area contributed by atoms with E-state index in [0.29, 0.717) is 5.41 Å². The zero-order valence-electron chi connectivity index (χ0n) is 8.75. The second kappa shape index (κ2) is 4.27. The van der Waals surface area contributed by atoms with Crippen LogP contribution in [0.1, 0.15) is 26.3 Å². The van der Waals surface area contributed by atoms with Crippen LogP contribution in [-0.2, 0) is 6.42 Å². The fourth-order valence-electron chi connectivity index (χ4n) is 1.16. The highest BCUT2D eigenvalue weighted by Crippen LogP contribution is 2.15. The molecule has 0 N–H and O–H groups in total. The minimum atomic E-state index is 0.300. The molecule has 0 fully saturated rings. The van der Waals surface area contributed by atoms with Gasteiger partial charge in [-0.1, -0.05) is 63.3 Å². The molecular formula is C13H18. The second-order valence-corrected chi connectivity index (χ2v) is 4.46. The lowest BCUT2D eigenvalue weighted by Crippen LogP contribution is -1.98. The van der Waals surface area contributed by atoms with Crippen LogP contribution in [0.4, 0.5) is 0 Å². The first kappa shape index (κ1) is 10.0. The third-order valence-electron chi connectivity index (χ3n) is 1.81. The number of hydrogen-bond donors (Lipinski definition) is 0. The van der Waals surface area contributed by atoms with Gasteiger partial charge >= 0.3 is 0 Å². The number of allylic oxidation sites excluding steroid dienone is 2. The van der Waals surface area contributed by atoms with Gasteiger partial charge in [-0.25, -0.2) is 0 Å². The molecule has 0 heterocycles. The molecule has 0 nitrogen and oxygen atoms in total. The normalized spacial score (nSPS) is 12.2. The van der Waals surface area contributed by atoms with Crippen molar-refractivity contribution in [3.63, 3.8) is 0 Å². The molecule has 0 aliphatic carbocycles. The molecule has 0 radical (unpaired) electrons. The molecule has 0 aliphatic heterocycles. The quantitative estimate of drug-likeness (QED) is 0.598. The molecule has 13 heavy (non-hydrogen) atoms. The Kier molecular flexibility index (Phi) is 3.30. The molecular weight excluding hydrogens is 156 g/mol. The zero-order chi connectivity index (χ0) is 9.73. The summed E-state index contributed by atoms with van der Waals surface area (Å²) in [5, 5.41) is 0. The zero-order valence-corrected chi connectivity index (χ0v) is 8.75. The van der Waals surface area contributed by atoms with Gasteiger partial charge < -0.3 is 0 Å². The predicted molar refractivity (Wildman–Crippen MR) is 58.7 cm³/mol. The highest BCUT2D eigenvalue weighted by molar-refractivity contribution is 5.17. The summed E-state index contributed by atoms with van der Waals surface area (Å²) < 4.78 is 0. The number of benzene rings is 1. The van der Waals surface area contributed by atoms with E-state index in [9.17, 15) is 0 Å². The largest absolute Gasteiger partial charge is 0.0836 e. The van der Waals surface area contributed by atoms with E-state index in [0.717, 1.165) is 6.42 Å². The Morgan fingerprint density at radius 3 is 2.23 bits per heavy atom. The van der Waals surface area contributed by atoms with Gasteiger partial charge in [0.2, 0.25) is 0 Å². The molecule has 0 atom stereocenters. The maximum atomic E-state index is 2.26. The van der Waals surface area contributed by atoms with Crippen molar-refractivity contribution in [1.29, 1.82) is 0 Å². The summed E-state index contributed by atoms with van der Waals surface area (Å²) in [7, 11) is 0. The van der Waals surface area contributed by atoms with Crippen molar-refractivity contribution in [3.05, 3.63) is 48.0 Å². The minimum Gasteiger partial charge on any atom is -0.0836 e. The van der Waals surface area contributed by atoms with Crippen molar-refractivity contribution in [1.82, 2.24) is 0 Å². The smallest absolute Gasteiger partial charge is 0.00973 e. The molecule has 1 aromatic rings. The van der Waals surface area contributed by atoms with Crippen LogP contribution in [0.2, 0.25) is 0 Å². The summed E-state index contributed by atoms with van der Waals surface area (Å²) in [5.74, 6) is 0. The minimum absolute atomic E-state index is 0.300. The molecule has 0 heteroatoms. The standard InChI is InChI=1S/C13H18/c1-13(2,3)11-7-10-12-8-5-4-6-9-12/h4-9,11H,10H2,1-3H3. The Bertz CT molecular complexity index is 262. The van der Waals surface area contributed by atoms with E-state index in [-0.39, 0.29) is 0 Å². The molecule has 0 aromatic heterocycles. The Labute approximate surface area is 81.3 Å². The van der Waals surface area contributed by atoms with Gasteiger partial charge in [0, 0.05) is 0 Å². The first-order chi connectivity index (χ1) is 6.08. The van der Waals surface area contributed by atoms with Crippen LogP contribution < -0.4 is 0 Å². The van der Waals surface area contributed by atoms with Crippen LogP contribution in [0, 0.1) is 5.41 Å². The van der Waals surface area contributed by atoms with Gasteiger partial charge in [0.15, 0.2) is 0 Å². The molecule has 0 spiro atoms. The van der Waals surface area contributed by atoms with Crippen molar-refractivity contribution < 1.29 is 0 Å². The highest BCUT2D eigenvalue weighted by Gasteiger charge is 2.02. The van der Waals surface area contributed by atoms with E-state index in [4.69, 9.17) is 0 Å². The fraction of sp³-hybridized carbons (Fsp3) is 0.385. The van der Waals surface area contributed by atoms with Gasteiger partial charge in [-0.3, -0.25) is 0 Å². The number of rotatable bonds is 2. The summed E-state index contributed by atoms with van der Waals surface area (Å²) in [5.41, 5.74) is 1.68. The van der Waals surface area contributed by atoms with Crippen molar-refractivity contribution >= 4 is 0 Å². The topological polar surface area (TPSA) is 0 Å². The van der Waals surface area contributed by atoms with Crippen LogP contribution in [0.15, 0.2) is 42.5 Å². The van der Waals surface area contributed by atoms with Gasteiger partial charge in [0.25, 0.3) is 0 Å². The van der Waals surface area contributed by atoms with Gasteiger partial charge in [0.1, 0.15) is 0 Å². The third kappa shape index (κ3) is 4.51. The maximum Gasteiger partial charge on any atom is -0.00973 e. The second-order valence-electron chi connectivity index (χ2n) is 4.46. The Hall–Kier alpha value is -1.04. The average molecular weight is 174 g/mol. The Balaban J connectivity index is 2.49. The van der Waals surface area contributed by atoms with Gasteiger partial charge in [0.05, 0.1) is 0 Å². The van der Waals surface area contributed by atoms with E-state index in [1.165, 1.54) is 5.56 Å². The Morgan fingerprint density at radius 1 is 1.08 bits per heavy atom. The van der Waals surface area contributed by atoms with Crippen LogP contribution in [0.3, 0.4) is 0 Å². The molecule has 1 rings (SSSR count). The molecule has 0 saturated carbocycles. The van der Waals surface area contributed by atoms with E-state index in [1.807, 2.05) is 0 Å². The SMILES string of the molecule is CC(C)(C)C=CCc1ccccc1. The van der Waals surface area contributed by atoms with Crippen LogP contribution >= 0.6 is 0 Å². The first-order valence-electron chi connectivity index (χ1n) is 4.79. The van der Waals surface area contributed by atoms with Crippen molar-refractivity contribution in [3.8, 4) is 0 Å². The summed E-state index contributed by atoms with van der Waals surface area (Å²) >= 11 is 0. The predicted octanol–water partition coefficient (Wildman–Crippen LogP) is 3.83. The van der Waals surface area contributed by atoms with Crippen LogP contribution in [-0.4, -0.2) is 0 Å². The summed E-state index contributed by atoms with van der Waals surface area (Å²) in [4.78, 5) is 0. The molecule has 0 unspecified atom stereocenters. The first-order valence-corrected chi connectivity index (χ1v) is 4.79. The molecule has 0 saturated heterocycles. The average Bonchev–Trinajstić information content (AvgIpc) is 2.04. The Morgan fingerprint density at radius 2 is 1.69 bits per heavy atom. The van der Waals surface area contributed by atoms with Gasteiger partial charge in [-0.05, 0) is 17.4 Å². The lowest BCUT2D eigenvalue weighted by atomic mass is 9.95.